The highest BCUT2D eigenvalue weighted by atomic mass is 16.5. The number of nitrogens with one attached hydrogen (secondary N) is 2. The topological polar surface area (TPSA) is 88.5 Å². The van der Waals surface area contributed by atoms with Crippen molar-refractivity contribution in [1.29, 1.82) is 0 Å². The molecule has 0 saturated heterocycles. The van der Waals surface area contributed by atoms with Gasteiger partial charge in [0.25, 0.3) is 5.56 Å². The van der Waals surface area contributed by atoms with Gasteiger partial charge in [0.1, 0.15) is 5.75 Å². The zero-order valence-electron chi connectivity index (χ0n) is 17.5. The van der Waals surface area contributed by atoms with Crippen LogP contribution in [0.5, 0.6) is 5.75 Å². The molecule has 2 aromatic carbocycles. The van der Waals surface area contributed by atoms with Crippen molar-refractivity contribution in [3.05, 3.63) is 99.6 Å². The summed E-state index contributed by atoms with van der Waals surface area (Å²) >= 11 is 0. The third kappa shape index (κ3) is 4.83. The minimum absolute atomic E-state index is 0.102. The van der Waals surface area contributed by atoms with Gasteiger partial charge in [0.15, 0.2) is 5.65 Å². The van der Waals surface area contributed by atoms with Gasteiger partial charge in [0.05, 0.1) is 25.3 Å². The summed E-state index contributed by atoms with van der Waals surface area (Å²) in [5.74, 6) is 0.647. The SMILES string of the molecule is COc1ccc(CC(=O)N[C@@H](Cc2cc(=O)n3[nH]c(C)cc3n2)c2ccccc2)cc1. The number of nitrogens with zero attached hydrogens (tertiary/aromatic N) is 2. The number of carbonyl (C=O) groups excluding carboxylic acids is 1. The molecule has 0 radical (unpaired) electrons. The van der Waals surface area contributed by atoms with E-state index in [1.54, 1.807) is 7.11 Å². The van der Waals surface area contributed by atoms with E-state index in [4.69, 9.17) is 4.74 Å². The van der Waals surface area contributed by atoms with Crippen LogP contribution in [0.25, 0.3) is 5.65 Å². The predicted molar refractivity (Wildman–Crippen MR) is 118 cm³/mol. The Balaban J connectivity index is 1.56. The van der Waals surface area contributed by atoms with Crippen LogP contribution < -0.4 is 15.6 Å². The lowest BCUT2D eigenvalue weighted by molar-refractivity contribution is -0.121. The van der Waals surface area contributed by atoms with Gasteiger partial charge in [-0.25, -0.2) is 9.50 Å². The van der Waals surface area contributed by atoms with Crippen molar-refractivity contribution in [2.75, 3.05) is 7.11 Å². The zero-order chi connectivity index (χ0) is 21.8. The lowest BCUT2D eigenvalue weighted by Gasteiger charge is -2.19. The molecule has 0 fully saturated rings. The first kappa shape index (κ1) is 20.4. The van der Waals surface area contributed by atoms with E-state index in [0.29, 0.717) is 17.8 Å². The van der Waals surface area contributed by atoms with Gasteiger partial charge in [-0.05, 0) is 30.2 Å². The Kier molecular flexibility index (Phi) is 5.84. The van der Waals surface area contributed by atoms with Crippen LogP contribution >= 0.6 is 0 Å². The molecule has 0 aliphatic heterocycles. The van der Waals surface area contributed by atoms with Crippen molar-refractivity contribution in [3.63, 3.8) is 0 Å². The molecule has 4 aromatic rings. The molecule has 0 spiro atoms. The molecular formula is C24H24N4O3. The Hall–Kier alpha value is -3.87. The summed E-state index contributed by atoms with van der Waals surface area (Å²) in [7, 11) is 1.61. The molecule has 2 aromatic heterocycles. The molecule has 4 rings (SSSR count). The maximum Gasteiger partial charge on any atom is 0.272 e. The Morgan fingerprint density at radius 1 is 1.13 bits per heavy atom. The van der Waals surface area contributed by atoms with E-state index in [9.17, 15) is 9.59 Å². The number of aromatic nitrogens is 3. The number of amides is 1. The van der Waals surface area contributed by atoms with E-state index in [1.165, 1.54) is 10.6 Å². The molecular weight excluding hydrogens is 392 g/mol. The first-order valence-electron chi connectivity index (χ1n) is 10.1. The number of methoxy groups -OCH3 is 1. The molecule has 2 N–H and O–H groups in total. The van der Waals surface area contributed by atoms with Gasteiger partial charge in [-0.15, -0.1) is 0 Å². The van der Waals surface area contributed by atoms with Crippen molar-refractivity contribution in [3.8, 4) is 5.75 Å². The number of fused-ring (bicyclic) bond motifs is 1. The minimum Gasteiger partial charge on any atom is -0.497 e. The zero-order valence-corrected chi connectivity index (χ0v) is 17.5. The lowest BCUT2D eigenvalue weighted by Crippen LogP contribution is -2.31. The van der Waals surface area contributed by atoms with E-state index >= 15 is 0 Å². The summed E-state index contributed by atoms with van der Waals surface area (Å²) in [6.07, 6.45) is 0.661. The molecule has 1 amide bonds. The van der Waals surface area contributed by atoms with E-state index in [0.717, 1.165) is 22.6 Å². The van der Waals surface area contributed by atoms with Crippen LogP contribution in [-0.2, 0) is 17.6 Å². The Morgan fingerprint density at radius 2 is 1.87 bits per heavy atom. The van der Waals surface area contributed by atoms with Crippen molar-refractivity contribution in [2.24, 2.45) is 0 Å². The summed E-state index contributed by atoms with van der Waals surface area (Å²) in [5, 5.41) is 6.07. The number of aryl methyl sites for hydroxylation is 1. The Morgan fingerprint density at radius 3 is 2.58 bits per heavy atom. The smallest absolute Gasteiger partial charge is 0.272 e. The van der Waals surface area contributed by atoms with Crippen LogP contribution in [0, 0.1) is 6.92 Å². The second kappa shape index (κ2) is 8.87. The number of carbonyl (C=O) groups is 1. The maximum atomic E-state index is 12.8. The van der Waals surface area contributed by atoms with Gasteiger partial charge >= 0.3 is 0 Å². The largest absolute Gasteiger partial charge is 0.497 e. The molecule has 7 heteroatoms. The average Bonchev–Trinajstić information content (AvgIpc) is 3.15. The molecule has 2 heterocycles. The second-order valence-corrected chi connectivity index (χ2v) is 7.48. The summed E-state index contributed by atoms with van der Waals surface area (Å²) < 4.78 is 6.58. The van der Waals surface area contributed by atoms with Gasteiger partial charge in [-0.1, -0.05) is 42.5 Å². The van der Waals surface area contributed by atoms with Crippen LogP contribution in [-0.4, -0.2) is 27.6 Å². The fraction of sp³-hybridized carbons (Fsp3) is 0.208. The van der Waals surface area contributed by atoms with Crippen molar-refractivity contribution in [2.45, 2.75) is 25.8 Å². The molecule has 0 saturated carbocycles. The predicted octanol–water partition coefficient (Wildman–Crippen LogP) is 2.98. The van der Waals surface area contributed by atoms with Crippen LogP contribution in [0.1, 0.15) is 28.6 Å². The van der Waals surface area contributed by atoms with Gasteiger partial charge in [0, 0.05) is 24.2 Å². The standard InChI is InChI=1S/C24H24N4O3/c1-16-12-22-25-19(15-24(30)28(22)27-16)14-21(18-6-4-3-5-7-18)26-23(29)13-17-8-10-20(31-2)11-9-17/h3-12,15,21,27H,13-14H2,1-2H3,(H,26,29)/t21-/m0/s1. The van der Waals surface area contributed by atoms with Gasteiger partial charge in [-0.3, -0.25) is 14.7 Å². The highest BCUT2D eigenvalue weighted by Crippen LogP contribution is 2.18. The van der Waals surface area contributed by atoms with E-state index in [1.807, 2.05) is 67.6 Å². The number of H-pyrrole nitrogens is 1. The average molecular weight is 416 g/mol. The fourth-order valence-corrected chi connectivity index (χ4v) is 3.59. The lowest BCUT2D eigenvalue weighted by atomic mass is 10.0. The highest BCUT2D eigenvalue weighted by Gasteiger charge is 2.17. The van der Waals surface area contributed by atoms with Gasteiger partial charge in [-0.2, -0.15) is 0 Å². The molecule has 0 unspecified atom stereocenters. The molecule has 0 aliphatic carbocycles. The fourth-order valence-electron chi connectivity index (χ4n) is 3.59. The molecule has 7 nitrogen and oxygen atoms in total. The van der Waals surface area contributed by atoms with Crippen molar-refractivity contribution in [1.82, 2.24) is 19.9 Å². The van der Waals surface area contributed by atoms with Crippen molar-refractivity contribution >= 4 is 11.6 Å². The first-order valence-corrected chi connectivity index (χ1v) is 10.1. The minimum atomic E-state index is -0.304. The number of aromatic amines is 1. The second-order valence-electron chi connectivity index (χ2n) is 7.48. The quantitative estimate of drug-likeness (QED) is 0.485. The van der Waals surface area contributed by atoms with Gasteiger partial charge in [0.2, 0.25) is 5.91 Å². The van der Waals surface area contributed by atoms with Crippen LogP contribution in [0.3, 0.4) is 0 Å². The molecule has 1 atom stereocenters. The molecule has 0 bridgehead atoms. The number of hydrogen-bond donors (Lipinski definition) is 2. The molecule has 31 heavy (non-hydrogen) atoms. The van der Waals surface area contributed by atoms with Crippen LogP contribution in [0.4, 0.5) is 0 Å². The van der Waals surface area contributed by atoms with Crippen LogP contribution in [0.15, 0.2) is 71.5 Å². The Bertz CT molecular complexity index is 1240. The first-order chi connectivity index (χ1) is 15.0. The van der Waals surface area contributed by atoms with Gasteiger partial charge < -0.3 is 10.1 Å². The monoisotopic (exact) mass is 416 g/mol. The molecule has 158 valence electrons. The summed E-state index contributed by atoms with van der Waals surface area (Å²) in [6.45, 7) is 1.87. The third-order valence-corrected chi connectivity index (χ3v) is 5.11. The maximum absolute atomic E-state index is 12.8. The number of ether oxygens (including phenoxy) is 1. The number of rotatable bonds is 7. The third-order valence-electron chi connectivity index (χ3n) is 5.11. The van der Waals surface area contributed by atoms with E-state index in [-0.39, 0.29) is 23.9 Å². The van der Waals surface area contributed by atoms with E-state index < -0.39 is 0 Å². The molecule has 0 aliphatic rings. The number of benzene rings is 2. The van der Waals surface area contributed by atoms with Crippen molar-refractivity contribution < 1.29 is 9.53 Å². The summed E-state index contributed by atoms with van der Waals surface area (Å²) in [4.78, 5) is 29.8. The summed E-state index contributed by atoms with van der Waals surface area (Å²) in [5.41, 5.74) is 3.72. The normalized spacial score (nSPS) is 11.9. The Labute approximate surface area is 179 Å². The van der Waals surface area contributed by atoms with Crippen LogP contribution in [0.2, 0.25) is 0 Å². The highest BCUT2D eigenvalue weighted by molar-refractivity contribution is 5.79. The van der Waals surface area contributed by atoms with E-state index in [2.05, 4.69) is 15.4 Å². The number of hydrogen-bond acceptors (Lipinski definition) is 4. The summed E-state index contributed by atoms with van der Waals surface area (Å²) in [6, 6.07) is 20.2.